The molecule has 3 aromatic heterocycles. The molecule has 0 amide bonds. The van der Waals surface area contributed by atoms with Gasteiger partial charge < -0.3 is 9.97 Å². The molecule has 7 nitrogen and oxygen atoms in total. The van der Waals surface area contributed by atoms with E-state index in [2.05, 4.69) is 102 Å². The molecule has 2 aliphatic heterocycles. The zero-order chi connectivity index (χ0) is 27.1. The van der Waals surface area contributed by atoms with Crippen LogP contribution in [0.3, 0.4) is 0 Å². The van der Waals surface area contributed by atoms with Gasteiger partial charge in [0.1, 0.15) is 11.6 Å². The molecule has 0 radical (unpaired) electrons. The van der Waals surface area contributed by atoms with E-state index in [1.165, 1.54) is 12.8 Å². The molecule has 200 valence electrons. The van der Waals surface area contributed by atoms with E-state index in [9.17, 15) is 0 Å². The maximum Gasteiger partial charge on any atom is 0.124 e. The third kappa shape index (κ3) is 5.09. The molecule has 0 saturated carbocycles. The summed E-state index contributed by atoms with van der Waals surface area (Å²) in [5.41, 5.74) is 7.03. The number of fused-ring (bicyclic) bond motifs is 1. The summed E-state index contributed by atoms with van der Waals surface area (Å²) in [5.74, 6) is 8.66. The number of pyridine rings is 1. The third-order valence-corrected chi connectivity index (χ3v) is 9.19. The Hall–Kier alpha value is -3.39. The Morgan fingerprint density at radius 3 is 1.90 bits per heavy atom. The van der Waals surface area contributed by atoms with Crippen molar-refractivity contribution in [3.05, 3.63) is 89.9 Å². The van der Waals surface area contributed by atoms with E-state index >= 15 is 0 Å². The molecule has 7 rings (SSSR count). The number of nitrogens with zero attached hydrogens (tertiary/aromatic N) is 5. The molecule has 9 heteroatoms. The normalized spacial score (nSPS) is 19.8. The molecule has 40 heavy (non-hydrogen) atoms. The summed E-state index contributed by atoms with van der Waals surface area (Å²) < 4.78 is 4.56. The van der Waals surface area contributed by atoms with Crippen LogP contribution in [0.5, 0.6) is 0 Å². The van der Waals surface area contributed by atoms with Crippen LogP contribution in [0.4, 0.5) is 0 Å². The Balaban J connectivity index is 1.05. The molecule has 0 bridgehead atoms. The largest absolute Gasteiger partial charge is 0.341 e. The average Bonchev–Trinajstić information content (AvgIpc) is 3.79. The SMILES string of the molecule is PN1CCC[C@H]1c1ncc(-c2ccc(C#Cc3ccc4cc(-c5cnc([C@@H]6CCCN6P)[nH]5)cnc4c3)cc2)[nH]1. The first-order chi connectivity index (χ1) is 19.6. The number of nitrogens with one attached hydrogen (secondary N) is 2. The van der Waals surface area contributed by atoms with Crippen LogP contribution >= 0.6 is 18.8 Å². The lowest BCUT2D eigenvalue weighted by molar-refractivity contribution is 0.434. The Kier molecular flexibility index (Phi) is 6.96. The third-order valence-electron chi connectivity index (χ3n) is 7.95. The molecule has 0 aliphatic carbocycles. The summed E-state index contributed by atoms with van der Waals surface area (Å²) in [6.07, 6.45) is 10.4. The topological polar surface area (TPSA) is 76.7 Å². The second-order valence-corrected chi connectivity index (χ2v) is 11.9. The van der Waals surface area contributed by atoms with Crippen LogP contribution in [0.25, 0.3) is 33.4 Å². The number of imidazole rings is 2. The molecular formula is C31H31N7P2. The van der Waals surface area contributed by atoms with Crippen LogP contribution in [0.1, 0.15) is 60.5 Å². The first kappa shape index (κ1) is 25.6. The Bertz CT molecular complexity index is 1730. The average molecular weight is 564 g/mol. The van der Waals surface area contributed by atoms with Crippen molar-refractivity contribution in [1.29, 1.82) is 0 Å². The number of H-pyrrole nitrogens is 2. The van der Waals surface area contributed by atoms with Crippen molar-refractivity contribution in [3.63, 3.8) is 0 Å². The lowest BCUT2D eigenvalue weighted by Crippen LogP contribution is -2.12. The number of benzene rings is 2. The smallest absolute Gasteiger partial charge is 0.124 e. The highest BCUT2D eigenvalue weighted by Crippen LogP contribution is 2.35. The van der Waals surface area contributed by atoms with Crippen LogP contribution in [0, 0.1) is 11.8 Å². The van der Waals surface area contributed by atoms with Crippen molar-refractivity contribution < 1.29 is 0 Å². The van der Waals surface area contributed by atoms with Gasteiger partial charge in [-0.15, -0.1) is 0 Å². The van der Waals surface area contributed by atoms with Crippen molar-refractivity contribution in [2.24, 2.45) is 0 Å². The zero-order valence-corrected chi connectivity index (χ0v) is 24.4. The first-order valence-corrected chi connectivity index (χ1v) is 14.8. The number of aromatic nitrogens is 5. The highest BCUT2D eigenvalue weighted by molar-refractivity contribution is 7.13. The molecule has 2 unspecified atom stereocenters. The van der Waals surface area contributed by atoms with Crippen LogP contribution in [-0.2, 0) is 0 Å². The highest BCUT2D eigenvalue weighted by atomic mass is 31.0. The molecule has 2 saturated heterocycles. The van der Waals surface area contributed by atoms with Crippen molar-refractivity contribution in [3.8, 4) is 34.4 Å². The van der Waals surface area contributed by atoms with Crippen molar-refractivity contribution >= 4 is 29.7 Å². The Morgan fingerprint density at radius 2 is 1.27 bits per heavy atom. The van der Waals surface area contributed by atoms with E-state index in [4.69, 9.17) is 4.98 Å². The predicted molar refractivity (Wildman–Crippen MR) is 166 cm³/mol. The van der Waals surface area contributed by atoms with E-state index < -0.39 is 0 Å². The first-order valence-electron chi connectivity index (χ1n) is 13.8. The van der Waals surface area contributed by atoms with Gasteiger partial charge in [-0.2, -0.15) is 0 Å². The number of hydrogen-bond donors (Lipinski definition) is 2. The minimum Gasteiger partial charge on any atom is -0.341 e. The van der Waals surface area contributed by atoms with Gasteiger partial charge in [-0.1, -0.05) is 48.8 Å². The van der Waals surface area contributed by atoms with Gasteiger partial charge in [0.25, 0.3) is 0 Å². The van der Waals surface area contributed by atoms with Crippen LogP contribution in [-0.4, -0.2) is 47.4 Å². The predicted octanol–water partition coefficient (Wildman–Crippen LogP) is 6.27. The number of rotatable bonds is 4. The molecule has 2 N–H and O–H groups in total. The molecular weight excluding hydrogens is 532 g/mol. The second-order valence-electron chi connectivity index (χ2n) is 10.6. The molecule has 2 aliphatic rings. The van der Waals surface area contributed by atoms with Crippen molar-refractivity contribution in [1.82, 2.24) is 34.3 Å². The molecule has 2 aromatic carbocycles. The maximum absolute atomic E-state index is 4.73. The fourth-order valence-electron chi connectivity index (χ4n) is 5.69. The molecule has 5 heterocycles. The van der Waals surface area contributed by atoms with Gasteiger partial charge in [0, 0.05) is 41.4 Å². The van der Waals surface area contributed by atoms with Crippen LogP contribution in [0.2, 0.25) is 0 Å². The van der Waals surface area contributed by atoms with Crippen molar-refractivity contribution in [2.45, 2.75) is 37.8 Å². The van der Waals surface area contributed by atoms with Crippen LogP contribution in [0.15, 0.2) is 67.1 Å². The minimum atomic E-state index is 0.339. The van der Waals surface area contributed by atoms with Gasteiger partial charge in [0.2, 0.25) is 0 Å². The van der Waals surface area contributed by atoms with E-state index in [0.29, 0.717) is 12.1 Å². The van der Waals surface area contributed by atoms with E-state index in [1.54, 1.807) is 0 Å². The van der Waals surface area contributed by atoms with Gasteiger partial charge in [-0.05, 0) is 61.6 Å². The molecule has 2 fully saturated rings. The zero-order valence-electron chi connectivity index (χ0n) is 22.1. The minimum absolute atomic E-state index is 0.339. The Labute approximate surface area is 238 Å². The lowest BCUT2D eigenvalue weighted by atomic mass is 10.1. The van der Waals surface area contributed by atoms with Crippen molar-refractivity contribution in [2.75, 3.05) is 13.1 Å². The quantitative estimate of drug-likeness (QED) is 0.199. The summed E-state index contributed by atoms with van der Waals surface area (Å²) in [7, 11) is 5.64. The van der Waals surface area contributed by atoms with Gasteiger partial charge >= 0.3 is 0 Å². The van der Waals surface area contributed by atoms with Gasteiger partial charge in [0.05, 0.1) is 41.4 Å². The van der Waals surface area contributed by atoms with Crippen LogP contribution < -0.4 is 0 Å². The standard InChI is InChI=1S/C31H31N7P2/c39-37-13-1-3-28(37)30-33-18-26(35-30)22-10-7-20(8-11-22)5-6-21-9-12-23-16-24(17-32-25(23)15-21)27-19-34-31(36-27)29-4-2-14-38(29)40/h7-12,15-19,28-29H,1-4,13-14,39-40H2,(H,33,35)(H,34,36)/t28-,29-/m0/s1. The summed E-state index contributed by atoms with van der Waals surface area (Å²) in [6, 6.07) is 17.4. The molecule has 0 spiro atoms. The number of aromatic amines is 2. The molecule has 5 aromatic rings. The van der Waals surface area contributed by atoms with Gasteiger partial charge in [-0.25, -0.2) is 9.97 Å². The van der Waals surface area contributed by atoms with E-state index in [1.807, 2.05) is 24.7 Å². The summed E-state index contributed by atoms with van der Waals surface area (Å²) in [5, 5.41) is 1.08. The summed E-state index contributed by atoms with van der Waals surface area (Å²) >= 11 is 0. The van der Waals surface area contributed by atoms with E-state index in [0.717, 1.165) is 82.1 Å². The van der Waals surface area contributed by atoms with Gasteiger partial charge in [-0.3, -0.25) is 14.3 Å². The Morgan fingerprint density at radius 1 is 0.675 bits per heavy atom. The fraction of sp³-hybridized carbons (Fsp3) is 0.258. The van der Waals surface area contributed by atoms with Gasteiger partial charge in [0.15, 0.2) is 0 Å². The lowest BCUT2D eigenvalue weighted by Gasteiger charge is -2.16. The monoisotopic (exact) mass is 563 g/mol. The van der Waals surface area contributed by atoms with E-state index in [-0.39, 0.29) is 0 Å². The number of hydrogen-bond acceptors (Lipinski definition) is 5. The second kappa shape index (κ2) is 10.9. The molecule has 4 atom stereocenters. The summed E-state index contributed by atoms with van der Waals surface area (Å²) in [6.45, 7) is 2.18. The maximum atomic E-state index is 4.73. The highest BCUT2D eigenvalue weighted by Gasteiger charge is 2.26. The fourth-order valence-corrected chi connectivity index (χ4v) is 6.64. The summed E-state index contributed by atoms with van der Waals surface area (Å²) in [4.78, 5) is 21.0.